The Kier molecular flexibility index (Phi) is 3.06. The summed E-state index contributed by atoms with van der Waals surface area (Å²) in [4.78, 5) is 10.8. The summed E-state index contributed by atoms with van der Waals surface area (Å²) < 4.78 is 13.4. The van der Waals surface area contributed by atoms with Gasteiger partial charge in [-0.05, 0) is 19.1 Å². The molecule has 0 bridgehead atoms. The molecule has 0 fully saturated rings. The molecule has 1 N–H and O–H groups in total. The van der Waals surface area contributed by atoms with Crippen LogP contribution in [0.15, 0.2) is 18.0 Å². The first-order valence-corrected chi connectivity index (χ1v) is 4.57. The number of aliphatic carboxylic acids is 1. The van der Waals surface area contributed by atoms with Crippen LogP contribution in [-0.2, 0) is 4.79 Å². The molecule has 1 aromatic heterocycles. The Balaban J connectivity index is 3.09. The number of thiophene rings is 1. The molecule has 0 atom stereocenters. The van der Waals surface area contributed by atoms with Gasteiger partial charge in [-0.25, -0.2) is 4.79 Å². The maximum absolute atomic E-state index is 12.9. The number of hydrogen-bond donors (Lipinski definition) is 1. The van der Waals surface area contributed by atoms with Crippen molar-refractivity contribution in [3.63, 3.8) is 0 Å². The average molecular weight is 221 g/mol. The van der Waals surface area contributed by atoms with Gasteiger partial charge in [-0.3, -0.25) is 0 Å². The van der Waals surface area contributed by atoms with E-state index in [0.717, 1.165) is 11.3 Å². The summed E-state index contributed by atoms with van der Waals surface area (Å²) in [5.74, 6) is -2.69. The minimum atomic E-state index is -1.55. The van der Waals surface area contributed by atoms with Crippen molar-refractivity contribution in [2.75, 3.05) is 0 Å². The van der Waals surface area contributed by atoms with Crippen molar-refractivity contribution >= 4 is 34.5 Å². The van der Waals surface area contributed by atoms with Crippen LogP contribution >= 0.6 is 22.9 Å². The van der Waals surface area contributed by atoms with E-state index >= 15 is 0 Å². The molecule has 0 unspecified atom stereocenters. The molecule has 0 aromatic carbocycles. The minimum Gasteiger partial charge on any atom is -0.476 e. The second-order valence-corrected chi connectivity index (χ2v) is 4.06. The van der Waals surface area contributed by atoms with Crippen LogP contribution in [-0.4, -0.2) is 11.1 Å². The van der Waals surface area contributed by atoms with Crippen molar-refractivity contribution < 1.29 is 14.3 Å². The predicted molar refractivity (Wildman–Crippen MR) is 50.7 cm³/mol. The van der Waals surface area contributed by atoms with Gasteiger partial charge in [-0.15, -0.1) is 11.3 Å². The highest BCUT2D eigenvalue weighted by Gasteiger charge is 2.12. The van der Waals surface area contributed by atoms with E-state index in [9.17, 15) is 9.18 Å². The third kappa shape index (κ3) is 2.29. The van der Waals surface area contributed by atoms with Crippen LogP contribution in [0.3, 0.4) is 0 Å². The SMILES string of the molecule is C/C(=C(/F)C(=O)O)c1ccc(Cl)s1. The van der Waals surface area contributed by atoms with Gasteiger partial charge in [0.2, 0.25) is 5.83 Å². The highest BCUT2D eigenvalue weighted by molar-refractivity contribution is 7.17. The molecule has 0 saturated carbocycles. The lowest BCUT2D eigenvalue weighted by Crippen LogP contribution is -1.96. The lowest BCUT2D eigenvalue weighted by atomic mass is 10.2. The molecule has 0 saturated heterocycles. The molecule has 1 heterocycles. The lowest BCUT2D eigenvalue weighted by molar-refractivity contribution is -0.134. The Bertz CT molecular complexity index is 370. The lowest BCUT2D eigenvalue weighted by Gasteiger charge is -1.96. The maximum Gasteiger partial charge on any atom is 0.365 e. The van der Waals surface area contributed by atoms with E-state index in [-0.39, 0.29) is 5.57 Å². The van der Waals surface area contributed by atoms with Gasteiger partial charge in [0.05, 0.1) is 4.34 Å². The summed E-state index contributed by atoms with van der Waals surface area (Å²) in [6.45, 7) is 1.41. The molecular formula is C8H6ClFO2S. The zero-order valence-electron chi connectivity index (χ0n) is 6.67. The van der Waals surface area contributed by atoms with Crippen LogP contribution in [0.2, 0.25) is 4.34 Å². The molecule has 0 aliphatic rings. The number of hydrogen-bond acceptors (Lipinski definition) is 2. The average Bonchev–Trinajstić information content (AvgIpc) is 2.49. The molecule has 1 aromatic rings. The van der Waals surface area contributed by atoms with E-state index in [4.69, 9.17) is 16.7 Å². The molecule has 0 amide bonds. The van der Waals surface area contributed by atoms with Gasteiger partial charge in [0.25, 0.3) is 0 Å². The Morgan fingerprint density at radius 3 is 2.62 bits per heavy atom. The third-order valence-corrected chi connectivity index (χ3v) is 2.81. The second-order valence-electron chi connectivity index (χ2n) is 2.35. The van der Waals surface area contributed by atoms with E-state index in [2.05, 4.69) is 0 Å². The van der Waals surface area contributed by atoms with Crippen molar-refractivity contribution in [2.45, 2.75) is 6.92 Å². The summed E-state index contributed by atoms with van der Waals surface area (Å²) in [6, 6.07) is 3.19. The standard InChI is InChI=1S/C8H6ClFO2S/c1-4(7(10)8(11)12)5-2-3-6(9)13-5/h2-3H,1H3,(H,11,12)/b7-4-. The van der Waals surface area contributed by atoms with E-state index in [1.165, 1.54) is 6.92 Å². The molecule has 70 valence electrons. The highest BCUT2D eigenvalue weighted by atomic mass is 35.5. The zero-order valence-corrected chi connectivity index (χ0v) is 8.25. The number of carbonyl (C=O) groups is 1. The van der Waals surface area contributed by atoms with Crippen molar-refractivity contribution in [1.29, 1.82) is 0 Å². The van der Waals surface area contributed by atoms with E-state index in [1.54, 1.807) is 12.1 Å². The smallest absolute Gasteiger partial charge is 0.365 e. The van der Waals surface area contributed by atoms with Crippen LogP contribution < -0.4 is 0 Å². The van der Waals surface area contributed by atoms with Crippen LogP contribution in [0.4, 0.5) is 4.39 Å². The largest absolute Gasteiger partial charge is 0.476 e. The van der Waals surface area contributed by atoms with Gasteiger partial charge in [0.1, 0.15) is 0 Å². The van der Waals surface area contributed by atoms with Crippen LogP contribution in [0.1, 0.15) is 11.8 Å². The van der Waals surface area contributed by atoms with E-state index < -0.39 is 11.8 Å². The summed E-state index contributed by atoms with van der Waals surface area (Å²) in [5.41, 5.74) is 0.101. The Morgan fingerprint density at radius 1 is 1.62 bits per heavy atom. The molecule has 1 rings (SSSR count). The van der Waals surface area contributed by atoms with Gasteiger partial charge in [0, 0.05) is 10.5 Å². The first kappa shape index (κ1) is 10.2. The van der Waals surface area contributed by atoms with Crippen molar-refractivity contribution in [1.82, 2.24) is 0 Å². The molecule has 2 nitrogen and oxygen atoms in total. The fourth-order valence-electron chi connectivity index (χ4n) is 0.784. The molecule has 0 radical (unpaired) electrons. The van der Waals surface area contributed by atoms with Gasteiger partial charge < -0.3 is 5.11 Å². The minimum absolute atomic E-state index is 0.101. The van der Waals surface area contributed by atoms with Crippen molar-refractivity contribution in [3.8, 4) is 0 Å². The second kappa shape index (κ2) is 3.89. The first-order chi connectivity index (χ1) is 6.02. The van der Waals surface area contributed by atoms with E-state index in [0.29, 0.717) is 9.21 Å². The van der Waals surface area contributed by atoms with Crippen molar-refractivity contribution in [3.05, 3.63) is 27.2 Å². The predicted octanol–water partition coefficient (Wildman–Crippen LogP) is 3.19. The van der Waals surface area contributed by atoms with Crippen LogP contribution in [0.25, 0.3) is 5.57 Å². The molecule has 0 aliphatic heterocycles. The molecule has 0 spiro atoms. The van der Waals surface area contributed by atoms with Gasteiger partial charge in [-0.2, -0.15) is 4.39 Å². The fraction of sp³-hybridized carbons (Fsp3) is 0.125. The van der Waals surface area contributed by atoms with Crippen molar-refractivity contribution in [2.24, 2.45) is 0 Å². The number of carboxylic acid groups (broad SMARTS) is 1. The molecule has 13 heavy (non-hydrogen) atoms. The summed E-state index contributed by atoms with van der Waals surface area (Å²) >= 11 is 6.76. The highest BCUT2D eigenvalue weighted by Crippen LogP contribution is 2.29. The number of allylic oxidation sites excluding steroid dienone is 1. The number of rotatable bonds is 2. The van der Waals surface area contributed by atoms with Crippen LogP contribution in [0.5, 0.6) is 0 Å². The molecule has 5 heteroatoms. The van der Waals surface area contributed by atoms with Gasteiger partial charge >= 0.3 is 5.97 Å². The zero-order chi connectivity index (χ0) is 10.0. The third-order valence-electron chi connectivity index (χ3n) is 1.46. The Labute approximate surface area is 83.3 Å². The summed E-state index contributed by atoms with van der Waals surface area (Å²) in [6.07, 6.45) is 0. The monoisotopic (exact) mass is 220 g/mol. The topological polar surface area (TPSA) is 37.3 Å². The fourth-order valence-corrected chi connectivity index (χ4v) is 1.82. The van der Waals surface area contributed by atoms with E-state index in [1.807, 2.05) is 0 Å². The number of carboxylic acids is 1. The Morgan fingerprint density at radius 2 is 2.23 bits per heavy atom. The quantitative estimate of drug-likeness (QED) is 0.778. The first-order valence-electron chi connectivity index (χ1n) is 3.37. The summed E-state index contributed by atoms with van der Waals surface area (Å²) in [7, 11) is 0. The summed E-state index contributed by atoms with van der Waals surface area (Å²) in [5, 5.41) is 8.36. The van der Waals surface area contributed by atoms with Gasteiger partial charge in [0.15, 0.2) is 0 Å². The normalized spacial score (nSPS) is 12.5. The van der Waals surface area contributed by atoms with Gasteiger partial charge in [-0.1, -0.05) is 11.6 Å². The number of halogens is 2. The maximum atomic E-state index is 12.9. The molecular weight excluding hydrogens is 215 g/mol. The Hall–Kier alpha value is -0.870. The molecule has 0 aliphatic carbocycles. The van der Waals surface area contributed by atoms with Crippen LogP contribution in [0, 0.1) is 0 Å².